The van der Waals surface area contributed by atoms with E-state index in [1.807, 2.05) is 57.5 Å². The standard InChI is InChI=1S/C50H54N4S6/c1-7-11-15-19-33(20-16-12-8-2)37-25-41(55-39(37)23-35(31-51)53-5)43-27-45-47(57-43)29-49(59-45)50-30-48-46(60-50)28-44(58-48)42-26-38(40(56-42)24-36(32-52)54-6)34(21-17-13-9-3)22-18-14-10-4/h23-30,33-34H,7-22H2,1-4H3/b35-23-,36-24+. The fraction of sp³-hybridized carbons (Fsp3) is 0.440. The monoisotopic (exact) mass is 902 g/mol. The predicted octanol–water partition coefficient (Wildman–Crippen LogP) is 19.4. The van der Waals surface area contributed by atoms with Crippen molar-refractivity contribution in [2.24, 2.45) is 0 Å². The third kappa shape index (κ3) is 11.3. The molecule has 0 saturated heterocycles. The lowest BCUT2D eigenvalue weighted by molar-refractivity contribution is 0.507. The lowest BCUT2D eigenvalue weighted by Crippen LogP contribution is -2.00. The van der Waals surface area contributed by atoms with Crippen molar-refractivity contribution in [2.45, 2.75) is 142 Å². The van der Waals surface area contributed by atoms with Gasteiger partial charge in [0.15, 0.2) is 0 Å². The zero-order valence-electron chi connectivity index (χ0n) is 35.3. The topological polar surface area (TPSA) is 56.3 Å². The molecule has 6 heterocycles. The quantitative estimate of drug-likeness (QED) is 0.0365. The molecule has 0 aliphatic carbocycles. The normalized spacial score (nSPS) is 12.2. The molecule has 0 aromatic carbocycles. The first-order valence-electron chi connectivity index (χ1n) is 21.7. The Hall–Kier alpha value is -3.84. The van der Waals surface area contributed by atoms with Crippen LogP contribution in [0.2, 0.25) is 0 Å². The Kier molecular flexibility index (Phi) is 17.4. The average molecular weight is 903 g/mol. The van der Waals surface area contributed by atoms with Gasteiger partial charge in [-0.3, -0.25) is 0 Å². The third-order valence-corrected chi connectivity index (χ3v) is 18.6. The second-order valence-corrected chi connectivity index (χ2v) is 22.1. The summed E-state index contributed by atoms with van der Waals surface area (Å²) in [5, 5.41) is 19.3. The van der Waals surface area contributed by atoms with Gasteiger partial charge in [-0.1, -0.05) is 105 Å². The van der Waals surface area contributed by atoms with Gasteiger partial charge in [-0.15, -0.1) is 68.0 Å². The van der Waals surface area contributed by atoms with E-state index in [4.69, 9.17) is 13.1 Å². The van der Waals surface area contributed by atoms with Crippen LogP contribution in [0.1, 0.15) is 163 Å². The van der Waals surface area contributed by atoms with Gasteiger partial charge in [-0.25, -0.2) is 20.2 Å². The highest BCUT2D eigenvalue weighted by molar-refractivity contribution is 7.36. The number of rotatable bonds is 23. The number of hydrogen-bond acceptors (Lipinski definition) is 8. The lowest BCUT2D eigenvalue weighted by atomic mass is 9.88. The van der Waals surface area contributed by atoms with Crippen LogP contribution in [-0.4, -0.2) is 0 Å². The van der Waals surface area contributed by atoms with Gasteiger partial charge in [0.05, 0.1) is 25.3 Å². The van der Waals surface area contributed by atoms with Crippen molar-refractivity contribution in [2.75, 3.05) is 0 Å². The van der Waals surface area contributed by atoms with E-state index in [-0.39, 0.29) is 11.4 Å². The Morgan fingerprint density at radius 3 is 1.02 bits per heavy atom. The van der Waals surface area contributed by atoms with Crippen molar-refractivity contribution >= 4 is 99.0 Å². The van der Waals surface area contributed by atoms with Crippen molar-refractivity contribution in [3.63, 3.8) is 0 Å². The first kappa shape index (κ1) is 45.7. The number of nitriles is 2. The van der Waals surface area contributed by atoms with Crippen LogP contribution < -0.4 is 0 Å². The molecule has 6 aromatic heterocycles. The summed E-state index contributed by atoms with van der Waals surface area (Å²) in [7, 11) is 0. The van der Waals surface area contributed by atoms with Gasteiger partial charge < -0.3 is 0 Å². The Balaban J connectivity index is 1.28. The molecule has 0 aliphatic heterocycles. The molecule has 0 saturated carbocycles. The van der Waals surface area contributed by atoms with Crippen LogP contribution in [0.15, 0.2) is 47.8 Å². The minimum Gasteiger partial charge on any atom is -0.227 e. The maximum absolute atomic E-state index is 9.66. The van der Waals surface area contributed by atoms with Gasteiger partial charge in [0.2, 0.25) is 0 Å². The molecule has 6 rings (SSSR count). The van der Waals surface area contributed by atoms with Gasteiger partial charge in [0.25, 0.3) is 11.4 Å². The number of hydrogen-bond donors (Lipinski definition) is 0. The van der Waals surface area contributed by atoms with Crippen molar-refractivity contribution in [3.05, 3.63) is 91.5 Å². The van der Waals surface area contributed by atoms with Gasteiger partial charge in [-0.2, -0.15) is 0 Å². The molecular weight excluding hydrogens is 849 g/mol. The molecule has 0 aliphatic rings. The van der Waals surface area contributed by atoms with E-state index in [1.54, 1.807) is 22.7 Å². The summed E-state index contributed by atoms with van der Waals surface area (Å²) in [6.07, 6.45) is 22.8. The van der Waals surface area contributed by atoms with E-state index in [1.165, 1.54) is 136 Å². The van der Waals surface area contributed by atoms with E-state index in [0.29, 0.717) is 11.8 Å². The zero-order valence-corrected chi connectivity index (χ0v) is 40.2. The van der Waals surface area contributed by atoms with Gasteiger partial charge >= 0.3 is 0 Å². The van der Waals surface area contributed by atoms with Crippen LogP contribution in [0.4, 0.5) is 0 Å². The van der Waals surface area contributed by atoms with E-state index in [0.717, 1.165) is 35.4 Å². The number of nitrogens with zero attached hydrogens (tertiary/aromatic N) is 4. The summed E-state index contributed by atoms with van der Waals surface area (Å²) in [5.74, 6) is 0.881. The Bertz CT molecular complexity index is 2290. The Morgan fingerprint density at radius 2 is 0.767 bits per heavy atom. The maximum atomic E-state index is 9.66. The van der Waals surface area contributed by atoms with E-state index < -0.39 is 0 Å². The number of fused-ring (bicyclic) bond motifs is 2. The largest absolute Gasteiger partial charge is 0.263 e. The van der Waals surface area contributed by atoms with Gasteiger partial charge in [0.1, 0.15) is 0 Å². The van der Waals surface area contributed by atoms with Crippen LogP contribution in [0.25, 0.3) is 69.9 Å². The molecule has 310 valence electrons. The summed E-state index contributed by atoms with van der Waals surface area (Å²) < 4.78 is 5.19. The molecule has 6 aromatic rings. The molecule has 0 amide bonds. The van der Waals surface area contributed by atoms with Crippen molar-refractivity contribution < 1.29 is 0 Å². The first-order chi connectivity index (χ1) is 29.4. The zero-order chi connectivity index (χ0) is 42.4. The van der Waals surface area contributed by atoms with E-state index in [9.17, 15) is 10.5 Å². The smallest absolute Gasteiger partial charge is 0.227 e. The SMILES string of the molecule is [C-]#[N+]/C(C#N)=C\c1sc(-c2cc3sc(-c4cc5sc(-c6cc(C(CCCCC)CCCCC)c(/C=C(\C#N)[N+]#[C-])s6)cc5s4)cc3s2)cc1C(CCCCC)CCCCC. The molecule has 0 bridgehead atoms. The van der Waals surface area contributed by atoms with Crippen LogP contribution in [0.3, 0.4) is 0 Å². The summed E-state index contributed by atoms with van der Waals surface area (Å²) in [4.78, 5) is 16.8. The summed E-state index contributed by atoms with van der Waals surface area (Å²) in [6.45, 7) is 24.2. The van der Waals surface area contributed by atoms with Gasteiger partial charge in [0, 0.05) is 57.8 Å². The summed E-state index contributed by atoms with van der Waals surface area (Å²) in [6, 6.07) is 18.4. The summed E-state index contributed by atoms with van der Waals surface area (Å²) >= 11 is 10.9. The fourth-order valence-corrected chi connectivity index (χ4v) is 15.4. The molecule has 0 fully saturated rings. The average Bonchev–Trinajstić information content (AvgIpc) is 4.11. The van der Waals surface area contributed by atoms with Crippen LogP contribution in [0, 0.1) is 35.8 Å². The first-order valence-corrected chi connectivity index (χ1v) is 26.6. The number of allylic oxidation sites excluding steroid dienone is 2. The minimum atomic E-state index is 0.155. The summed E-state index contributed by atoms with van der Waals surface area (Å²) in [5.41, 5.74) is 2.94. The molecule has 0 atom stereocenters. The minimum absolute atomic E-state index is 0.155. The molecular formula is C50H54N4S6. The highest BCUT2D eigenvalue weighted by atomic mass is 32.1. The highest BCUT2D eigenvalue weighted by Crippen LogP contribution is 2.50. The molecule has 10 heteroatoms. The van der Waals surface area contributed by atoms with Crippen molar-refractivity contribution in [3.8, 4) is 41.4 Å². The molecule has 0 N–H and O–H groups in total. The third-order valence-electron chi connectivity index (χ3n) is 11.2. The van der Waals surface area contributed by atoms with Crippen molar-refractivity contribution in [1.29, 1.82) is 10.5 Å². The molecule has 0 spiro atoms. The fourth-order valence-electron chi connectivity index (χ4n) is 8.00. The Morgan fingerprint density at radius 1 is 0.483 bits per heavy atom. The molecule has 0 radical (unpaired) electrons. The number of unbranched alkanes of at least 4 members (excludes halogenated alkanes) is 8. The van der Waals surface area contributed by atoms with E-state index in [2.05, 4.69) is 85.9 Å². The predicted molar refractivity (Wildman–Crippen MR) is 267 cm³/mol. The second-order valence-electron chi connectivity index (χ2n) is 15.6. The van der Waals surface area contributed by atoms with Crippen LogP contribution in [-0.2, 0) is 0 Å². The molecule has 60 heavy (non-hydrogen) atoms. The molecule has 4 nitrogen and oxygen atoms in total. The maximum Gasteiger partial charge on any atom is 0.263 e. The number of thiophene rings is 6. The van der Waals surface area contributed by atoms with Crippen LogP contribution in [0.5, 0.6) is 0 Å². The Labute approximate surface area is 381 Å². The van der Waals surface area contributed by atoms with Gasteiger partial charge in [-0.05, 0) is 97.2 Å². The van der Waals surface area contributed by atoms with E-state index >= 15 is 0 Å². The highest BCUT2D eigenvalue weighted by Gasteiger charge is 2.23. The van der Waals surface area contributed by atoms with Crippen molar-refractivity contribution in [1.82, 2.24) is 0 Å². The lowest BCUT2D eigenvalue weighted by Gasteiger charge is -2.17. The molecule has 0 unspecified atom stereocenters. The second kappa shape index (κ2) is 22.8. The van der Waals surface area contributed by atoms with Crippen LogP contribution >= 0.6 is 68.0 Å².